The van der Waals surface area contributed by atoms with Crippen LogP contribution in [0.25, 0.3) is 0 Å². The Morgan fingerprint density at radius 2 is 2.14 bits per heavy atom. The maximum Gasteiger partial charge on any atom is 0.244 e. The Morgan fingerprint density at radius 3 is 2.77 bits per heavy atom. The van der Waals surface area contributed by atoms with E-state index in [2.05, 4.69) is 23.2 Å². The molecule has 22 heavy (non-hydrogen) atoms. The Hall–Kier alpha value is -2.94. The lowest BCUT2D eigenvalue weighted by Gasteiger charge is -2.24. The second kappa shape index (κ2) is 5.45. The van der Waals surface area contributed by atoms with Gasteiger partial charge < -0.3 is 15.6 Å². The molecular weight excluding hydrogens is 280 g/mol. The molecule has 2 heterocycles. The monoisotopic (exact) mass is 296 g/mol. The maximum atomic E-state index is 9.48. The van der Waals surface area contributed by atoms with Crippen LogP contribution in [-0.2, 0) is 6.42 Å². The number of H-pyrrole nitrogens is 1. The van der Waals surface area contributed by atoms with Gasteiger partial charge in [-0.2, -0.15) is 5.26 Å². The number of aromatic hydroxyl groups is 1. The predicted molar refractivity (Wildman–Crippen MR) is 80.0 cm³/mol. The first-order valence-corrected chi connectivity index (χ1v) is 7.09. The molecule has 0 spiro atoms. The van der Waals surface area contributed by atoms with Crippen LogP contribution in [0.15, 0.2) is 35.7 Å². The van der Waals surface area contributed by atoms with Crippen LogP contribution in [-0.4, -0.2) is 15.3 Å². The van der Waals surface area contributed by atoms with Crippen LogP contribution in [0.4, 0.5) is 0 Å². The van der Waals surface area contributed by atoms with E-state index in [1.807, 2.05) is 0 Å². The van der Waals surface area contributed by atoms with Crippen LogP contribution in [0.3, 0.4) is 0 Å². The highest BCUT2D eigenvalue weighted by atomic mass is 16.5. The molecule has 1 atom stereocenters. The van der Waals surface area contributed by atoms with E-state index in [4.69, 9.17) is 10.5 Å². The number of nitriles is 1. The van der Waals surface area contributed by atoms with Gasteiger partial charge in [0.05, 0.1) is 5.92 Å². The Labute approximate surface area is 127 Å². The summed E-state index contributed by atoms with van der Waals surface area (Å²) >= 11 is 0. The highest BCUT2D eigenvalue weighted by Crippen LogP contribution is 2.43. The molecule has 0 saturated heterocycles. The Balaban J connectivity index is 2.19. The third-order valence-corrected chi connectivity index (χ3v) is 3.74. The van der Waals surface area contributed by atoms with Crippen molar-refractivity contribution in [2.45, 2.75) is 25.7 Å². The van der Waals surface area contributed by atoms with Gasteiger partial charge in [-0.1, -0.05) is 25.5 Å². The van der Waals surface area contributed by atoms with Gasteiger partial charge in [-0.15, -0.1) is 5.10 Å². The number of aryl methyl sites for hydroxylation is 1. The molecule has 0 aliphatic carbocycles. The van der Waals surface area contributed by atoms with Crippen LogP contribution >= 0.6 is 0 Å². The number of rotatable bonds is 3. The van der Waals surface area contributed by atoms with Crippen molar-refractivity contribution >= 4 is 0 Å². The molecule has 6 heteroatoms. The third-order valence-electron chi connectivity index (χ3n) is 3.74. The summed E-state index contributed by atoms with van der Waals surface area (Å²) in [5, 5.41) is 26.1. The number of aromatic nitrogens is 2. The second-order valence-corrected chi connectivity index (χ2v) is 5.19. The van der Waals surface area contributed by atoms with E-state index in [9.17, 15) is 10.4 Å². The minimum atomic E-state index is -0.338. The van der Waals surface area contributed by atoms with Gasteiger partial charge in [0.25, 0.3) is 0 Å². The molecule has 0 fully saturated rings. The molecule has 1 aliphatic heterocycles. The Bertz CT molecular complexity index is 768. The second-order valence-electron chi connectivity index (χ2n) is 5.19. The summed E-state index contributed by atoms with van der Waals surface area (Å²) in [4.78, 5) is 0. The van der Waals surface area contributed by atoms with E-state index in [0.29, 0.717) is 11.5 Å². The van der Waals surface area contributed by atoms with Crippen LogP contribution in [0.2, 0.25) is 0 Å². The molecule has 112 valence electrons. The average Bonchev–Trinajstić information content (AvgIpc) is 2.90. The number of allylic oxidation sites excluding steroid dienone is 1. The van der Waals surface area contributed by atoms with Crippen molar-refractivity contribution in [2.24, 2.45) is 5.73 Å². The average molecular weight is 296 g/mol. The molecule has 0 radical (unpaired) electrons. The SMILES string of the molecule is CCCc1[nH]nc2c1C(c1ccc(O)cc1)C(C#N)=C(N)O2. The molecule has 1 aromatic carbocycles. The van der Waals surface area contributed by atoms with Gasteiger partial charge in [-0.05, 0) is 24.1 Å². The van der Waals surface area contributed by atoms with Crippen molar-refractivity contribution in [1.82, 2.24) is 10.2 Å². The summed E-state index contributed by atoms with van der Waals surface area (Å²) in [6.45, 7) is 2.07. The third kappa shape index (κ3) is 2.17. The molecular formula is C16H16N4O2. The topological polar surface area (TPSA) is 108 Å². The number of nitrogens with zero attached hydrogens (tertiary/aromatic N) is 2. The fraction of sp³-hybridized carbons (Fsp3) is 0.250. The summed E-state index contributed by atoms with van der Waals surface area (Å²) in [6.07, 6.45) is 1.75. The van der Waals surface area contributed by atoms with Gasteiger partial charge in [0, 0.05) is 11.3 Å². The fourth-order valence-electron chi connectivity index (χ4n) is 2.75. The van der Waals surface area contributed by atoms with Crippen molar-refractivity contribution in [3.05, 3.63) is 52.5 Å². The molecule has 1 unspecified atom stereocenters. The molecule has 4 N–H and O–H groups in total. The number of phenols is 1. The number of nitrogens with one attached hydrogen (secondary N) is 1. The number of hydrogen-bond acceptors (Lipinski definition) is 5. The van der Waals surface area contributed by atoms with E-state index < -0.39 is 0 Å². The molecule has 6 nitrogen and oxygen atoms in total. The van der Waals surface area contributed by atoms with Crippen LogP contribution in [0.5, 0.6) is 11.6 Å². The molecule has 2 aromatic rings. The number of ether oxygens (including phenoxy) is 1. The number of nitrogens with two attached hydrogens (primary N) is 1. The lowest BCUT2D eigenvalue weighted by atomic mass is 9.83. The van der Waals surface area contributed by atoms with Gasteiger partial charge in [0.15, 0.2) is 0 Å². The normalized spacial score (nSPS) is 16.8. The number of fused-ring (bicyclic) bond motifs is 1. The molecule has 0 amide bonds. The zero-order valence-electron chi connectivity index (χ0n) is 12.1. The summed E-state index contributed by atoms with van der Waals surface area (Å²) in [7, 11) is 0. The lowest BCUT2D eigenvalue weighted by Crippen LogP contribution is -2.21. The van der Waals surface area contributed by atoms with E-state index in [1.54, 1.807) is 24.3 Å². The van der Waals surface area contributed by atoms with Crippen molar-refractivity contribution in [3.63, 3.8) is 0 Å². The van der Waals surface area contributed by atoms with Gasteiger partial charge in [0.1, 0.15) is 17.4 Å². The van der Waals surface area contributed by atoms with E-state index in [-0.39, 0.29) is 17.6 Å². The smallest absolute Gasteiger partial charge is 0.244 e. The molecule has 0 bridgehead atoms. The van der Waals surface area contributed by atoms with E-state index >= 15 is 0 Å². The van der Waals surface area contributed by atoms with Gasteiger partial charge in [-0.3, -0.25) is 5.10 Å². The Morgan fingerprint density at radius 1 is 1.41 bits per heavy atom. The van der Waals surface area contributed by atoms with E-state index in [1.165, 1.54) is 0 Å². The van der Waals surface area contributed by atoms with Gasteiger partial charge in [-0.25, -0.2) is 0 Å². The quantitative estimate of drug-likeness (QED) is 0.805. The maximum absolute atomic E-state index is 9.48. The standard InChI is InChI=1S/C16H16N4O2/c1-2-3-12-14-13(9-4-6-10(21)7-5-9)11(8-17)15(18)22-16(14)20-19-12/h4-7,13,21H,2-3,18H2,1H3,(H,19,20). The first-order chi connectivity index (χ1) is 10.7. The molecule has 1 aliphatic rings. The highest BCUT2D eigenvalue weighted by Gasteiger charge is 2.34. The first kappa shape index (κ1) is 14.0. The zero-order valence-corrected chi connectivity index (χ0v) is 12.1. The number of hydrogen-bond donors (Lipinski definition) is 3. The van der Waals surface area contributed by atoms with Crippen LogP contribution in [0.1, 0.15) is 36.1 Å². The lowest BCUT2D eigenvalue weighted by molar-refractivity contribution is 0.378. The molecule has 3 rings (SSSR count). The van der Waals surface area contributed by atoms with Gasteiger partial charge >= 0.3 is 0 Å². The van der Waals surface area contributed by atoms with Crippen molar-refractivity contribution in [3.8, 4) is 17.7 Å². The van der Waals surface area contributed by atoms with Crippen molar-refractivity contribution in [1.29, 1.82) is 5.26 Å². The number of benzene rings is 1. The fourth-order valence-corrected chi connectivity index (χ4v) is 2.75. The summed E-state index contributed by atoms with van der Waals surface area (Å²) < 4.78 is 5.48. The van der Waals surface area contributed by atoms with Crippen LogP contribution in [0, 0.1) is 11.3 Å². The van der Waals surface area contributed by atoms with E-state index in [0.717, 1.165) is 29.7 Å². The predicted octanol–water partition coefficient (Wildman–Crippen LogP) is 2.29. The summed E-state index contributed by atoms with van der Waals surface area (Å²) in [5.41, 5.74) is 8.88. The van der Waals surface area contributed by atoms with Crippen molar-refractivity contribution < 1.29 is 9.84 Å². The summed E-state index contributed by atoms with van der Waals surface area (Å²) in [6, 6.07) is 8.89. The zero-order chi connectivity index (χ0) is 15.7. The largest absolute Gasteiger partial charge is 0.508 e. The summed E-state index contributed by atoms with van der Waals surface area (Å²) in [5.74, 6) is 0.322. The molecule has 1 aromatic heterocycles. The number of phenolic OH excluding ortho intramolecular Hbond substituents is 1. The Kier molecular flexibility index (Phi) is 3.47. The highest BCUT2D eigenvalue weighted by molar-refractivity contribution is 5.55. The first-order valence-electron chi connectivity index (χ1n) is 7.09. The minimum absolute atomic E-state index is 0.0719. The van der Waals surface area contributed by atoms with Crippen LogP contribution < -0.4 is 10.5 Å². The van der Waals surface area contributed by atoms with Gasteiger partial charge in [0.2, 0.25) is 11.8 Å². The molecule has 0 saturated carbocycles. The van der Waals surface area contributed by atoms with Crippen molar-refractivity contribution in [2.75, 3.05) is 0 Å². The minimum Gasteiger partial charge on any atom is -0.508 e. The number of aromatic amines is 1.